The van der Waals surface area contributed by atoms with Crippen molar-refractivity contribution in [1.29, 1.82) is 0 Å². The van der Waals surface area contributed by atoms with Gasteiger partial charge in [-0.3, -0.25) is 19.3 Å². The first-order valence-electron chi connectivity index (χ1n) is 10.4. The summed E-state index contributed by atoms with van der Waals surface area (Å²) < 4.78 is 15.5. The molecular weight excluding hydrogens is 369 g/mol. The molecule has 5 rings (SSSR count). The summed E-state index contributed by atoms with van der Waals surface area (Å²) in [6.45, 7) is 2.52. The van der Waals surface area contributed by atoms with Crippen molar-refractivity contribution in [2.24, 2.45) is 7.05 Å². The molecule has 6 nitrogen and oxygen atoms in total. The maximum atomic E-state index is 13.7. The number of piperidine rings is 2. The summed E-state index contributed by atoms with van der Waals surface area (Å²) in [6.07, 6.45) is 7.77. The first kappa shape index (κ1) is 18.4. The molecule has 2 saturated heterocycles. The van der Waals surface area contributed by atoms with Crippen LogP contribution in [-0.2, 0) is 11.8 Å². The van der Waals surface area contributed by atoms with Crippen LogP contribution in [0.1, 0.15) is 37.2 Å². The van der Waals surface area contributed by atoms with Gasteiger partial charge in [0.05, 0.1) is 6.04 Å². The van der Waals surface area contributed by atoms with Crippen molar-refractivity contribution in [1.82, 2.24) is 19.7 Å². The van der Waals surface area contributed by atoms with Gasteiger partial charge in [0.25, 0.3) is 0 Å². The maximum Gasteiger partial charge on any atom is 0.245 e. The van der Waals surface area contributed by atoms with Gasteiger partial charge in [-0.05, 0) is 68.5 Å². The molecule has 1 amide bonds. The van der Waals surface area contributed by atoms with Crippen LogP contribution in [0.5, 0.6) is 0 Å². The highest BCUT2D eigenvalue weighted by molar-refractivity contribution is 5.97. The minimum absolute atomic E-state index is 0.0629. The zero-order valence-electron chi connectivity index (χ0n) is 16.6. The number of rotatable bonds is 3. The van der Waals surface area contributed by atoms with Crippen LogP contribution in [-0.4, -0.2) is 51.2 Å². The number of aryl methyl sites for hydroxylation is 1. The van der Waals surface area contributed by atoms with Gasteiger partial charge in [-0.2, -0.15) is 5.10 Å². The van der Waals surface area contributed by atoms with E-state index in [1.807, 2.05) is 30.4 Å². The average Bonchev–Trinajstić information content (AvgIpc) is 3.34. The Kier molecular flexibility index (Phi) is 4.62. The van der Waals surface area contributed by atoms with Gasteiger partial charge in [0, 0.05) is 43.0 Å². The highest BCUT2D eigenvalue weighted by Crippen LogP contribution is 2.35. The SMILES string of the molecule is Cn1ccc(N2CCCC(N3CCC(c4c[nH]c5ccc(F)cc45)CC3)C2=O)n1. The lowest BCUT2D eigenvalue weighted by Gasteiger charge is -2.41. The van der Waals surface area contributed by atoms with Crippen molar-refractivity contribution >= 4 is 22.6 Å². The fourth-order valence-electron chi connectivity index (χ4n) is 4.94. The largest absolute Gasteiger partial charge is 0.361 e. The number of nitrogens with one attached hydrogen (secondary N) is 1. The van der Waals surface area contributed by atoms with Gasteiger partial charge in [-0.25, -0.2) is 4.39 Å². The second kappa shape index (κ2) is 7.30. The Morgan fingerprint density at radius 1 is 1.14 bits per heavy atom. The molecule has 0 bridgehead atoms. The van der Waals surface area contributed by atoms with E-state index in [1.165, 1.54) is 11.6 Å². The Bertz CT molecular complexity index is 1030. The molecule has 7 heteroatoms. The van der Waals surface area contributed by atoms with Gasteiger partial charge in [-0.1, -0.05) is 0 Å². The van der Waals surface area contributed by atoms with Crippen LogP contribution in [0.2, 0.25) is 0 Å². The quantitative estimate of drug-likeness (QED) is 0.739. The zero-order valence-corrected chi connectivity index (χ0v) is 16.6. The minimum Gasteiger partial charge on any atom is -0.361 e. The number of anilines is 1. The first-order chi connectivity index (χ1) is 14.1. The number of likely N-dealkylation sites (tertiary alicyclic amines) is 1. The highest BCUT2D eigenvalue weighted by Gasteiger charge is 2.36. The Morgan fingerprint density at radius 3 is 2.72 bits per heavy atom. The van der Waals surface area contributed by atoms with Crippen LogP contribution < -0.4 is 4.90 Å². The number of amides is 1. The van der Waals surface area contributed by atoms with Crippen molar-refractivity contribution < 1.29 is 9.18 Å². The molecule has 0 saturated carbocycles. The lowest BCUT2D eigenvalue weighted by atomic mass is 9.88. The third kappa shape index (κ3) is 3.33. The molecule has 2 fully saturated rings. The monoisotopic (exact) mass is 395 g/mol. The van der Waals surface area contributed by atoms with E-state index in [9.17, 15) is 9.18 Å². The summed E-state index contributed by atoms with van der Waals surface area (Å²) in [5.74, 6) is 1.12. The van der Waals surface area contributed by atoms with Gasteiger partial charge in [0.1, 0.15) is 5.82 Å². The number of benzene rings is 1. The predicted molar refractivity (Wildman–Crippen MR) is 110 cm³/mol. The van der Waals surface area contributed by atoms with Crippen LogP contribution in [0.4, 0.5) is 10.2 Å². The van der Waals surface area contributed by atoms with E-state index >= 15 is 0 Å². The molecule has 0 aliphatic carbocycles. The lowest BCUT2D eigenvalue weighted by molar-refractivity contribution is -0.125. The van der Waals surface area contributed by atoms with E-state index in [1.54, 1.807) is 16.8 Å². The van der Waals surface area contributed by atoms with Crippen LogP contribution in [0.15, 0.2) is 36.7 Å². The summed E-state index contributed by atoms with van der Waals surface area (Å²) in [5.41, 5.74) is 2.18. The molecule has 2 aliphatic rings. The highest BCUT2D eigenvalue weighted by atomic mass is 19.1. The molecule has 2 aliphatic heterocycles. The van der Waals surface area contributed by atoms with Crippen molar-refractivity contribution in [3.05, 3.63) is 48.0 Å². The van der Waals surface area contributed by atoms with Crippen LogP contribution in [0.3, 0.4) is 0 Å². The third-order valence-corrected chi connectivity index (χ3v) is 6.47. The number of carbonyl (C=O) groups excluding carboxylic acids is 1. The van der Waals surface area contributed by atoms with Crippen molar-refractivity contribution in [2.75, 3.05) is 24.5 Å². The van der Waals surface area contributed by atoms with E-state index in [4.69, 9.17) is 0 Å². The molecule has 0 radical (unpaired) electrons. The van der Waals surface area contributed by atoms with Gasteiger partial charge in [-0.15, -0.1) is 0 Å². The molecule has 4 heterocycles. The number of aromatic amines is 1. The number of hydrogen-bond donors (Lipinski definition) is 1. The lowest BCUT2D eigenvalue weighted by Crippen LogP contribution is -2.54. The molecule has 29 heavy (non-hydrogen) atoms. The van der Waals surface area contributed by atoms with Crippen LogP contribution in [0.25, 0.3) is 10.9 Å². The van der Waals surface area contributed by atoms with E-state index in [0.717, 1.165) is 62.0 Å². The Hall–Kier alpha value is -2.67. The van der Waals surface area contributed by atoms with Crippen molar-refractivity contribution in [2.45, 2.75) is 37.6 Å². The van der Waals surface area contributed by atoms with E-state index in [-0.39, 0.29) is 17.8 Å². The molecule has 1 atom stereocenters. The Balaban J connectivity index is 1.28. The minimum atomic E-state index is -0.196. The summed E-state index contributed by atoms with van der Waals surface area (Å²) >= 11 is 0. The van der Waals surface area contributed by atoms with Crippen molar-refractivity contribution in [3.63, 3.8) is 0 Å². The predicted octanol–water partition coefficient (Wildman–Crippen LogP) is 3.42. The summed E-state index contributed by atoms with van der Waals surface area (Å²) in [4.78, 5) is 20.6. The number of nitrogens with zero attached hydrogens (tertiary/aromatic N) is 4. The van der Waals surface area contributed by atoms with Crippen LogP contribution >= 0.6 is 0 Å². The molecule has 3 aromatic rings. The average molecular weight is 395 g/mol. The number of hydrogen-bond acceptors (Lipinski definition) is 3. The number of halogens is 1. The Morgan fingerprint density at radius 2 is 1.97 bits per heavy atom. The smallest absolute Gasteiger partial charge is 0.245 e. The fourth-order valence-corrected chi connectivity index (χ4v) is 4.94. The van der Waals surface area contributed by atoms with E-state index in [2.05, 4.69) is 15.0 Å². The van der Waals surface area contributed by atoms with E-state index < -0.39 is 0 Å². The van der Waals surface area contributed by atoms with Gasteiger partial charge in [0.2, 0.25) is 5.91 Å². The van der Waals surface area contributed by atoms with Gasteiger partial charge >= 0.3 is 0 Å². The summed E-state index contributed by atoms with van der Waals surface area (Å²) in [5, 5.41) is 5.40. The second-order valence-corrected chi connectivity index (χ2v) is 8.24. The van der Waals surface area contributed by atoms with E-state index in [0.29, 0.717) is 5.92 Å². The third-order valence-electron chi connectivity index (χ3n) is 6.47. The number of fused-ring (bicyclic) bond motifs is 1. The molecule has 2 aromatic heterocycles. The van der Waals surface area contributed by atoms with Crippen LogP contribution in [0, 0.1) is 5.82 Å². The molecular formula is C22H26FN5O. The Labute approximate surface area is 169 Å². The summed E-state index contributed by atoms with van der Waals surface area (Å²) in [7, 11) is 1.87. The molecule has 1 unspecified atom stereocenters. The second-order valence-electron chi connectivity index (χ2n) is 8.24. The standard InChI is InChI=1S/C22H26FN5O/c1-26-10-8-21(25-26)28-9-2-3-20(22(28)29)27-11-6-15(7-12-27)18-14-24-19-5-4-16(23)13-17(18)19/h4-5,8,10,13-15,20,24H,2-3,6-7,9,11-12H2,1H3. The number of H-pyrrole nitrogens is 1. The van der Waals surface area contributed by atoms with Gasteiger partial charge < -0.3 is 4.98 Å². The first-order valence-corrected chi connectivity index (χ1v) is 10.4. The maximum absolute atomic E-state index is 13.7. The summed E-state index contributed by atoms with van der Waals surface area (Å²) in [6, 6.07) is 6.77. The fraction of sp³-hybridized carbons (Fsp3) is 0.455. The topological polar surface area (TPSA) is 57.2 Å². The molecule has 1 aromatic carbocycles. The molecule has 0 spiro atoms. The molecule has 1 N–H and O–H groups in total. The van der Waals surface area contributed by atoms with Gasteiger partial charge in [0.15, 0.2) is 5.82 Å². The number of aromatic nitrogens is 3. The normalized spacial score (nSPS) is 21.9. The van der Waals surface area contributed by atoms with Crippen molar-refractivity contribution in [3.8, 4) is 0 Å². The zero-order chi connectivity index (χ0) is 20.0. The molecule has 152 valence electrons. The number of carbonyl (C=O) groups is 1.